The predicted octanol–water partition coefficient (Wildman–Crippen LogP) is -3.20. The maximum Gasteiger partial charge on any atom is 0.405 e. The molecule has 1 unspecified atom stereocenters. The first-order valence-electron chi connectivity index (χ1n) is 3.91. The van der Waals surface area contributed by atoms with Crippen molar-refractivity contribution in [1.82, 2.24) is 5.32 Å². The van der Waals surface area contributed by atoms with E-state index < -0.39 is 24.1 Å². The number of carboxylic acid groups (broad SMARTS) is 1. The van der Waals surface area contributed by atoms with Crippen LogP contribution in [-0.2, 0) is 19.3 Å². The van der Waals surface area contributed by atoms with Crippen molar-refractivity contribution < 1.29 is 41.0 Å². The lowest BCUT2D eigenvalue weighted by molar-refractivity contribution is -0.658. The van der Waals surface area contributed by atoms with Crippen LogP contribution in [0, 0.1) is 0 Å². The fourth-order valence-electron chi connectivity index (χ4n) is 0.833. The number of carbonyl (C=O) groups is 3. The van der Waals surface area contributed by atoms with Gasteiger partial charge in [0.05, 0.1) is 6.42 Å². The van der Waals surface area contributed by atoms with E-state index >= 15 is 0 Å². The predicted molar refractivity (Wildman–Crippen MR) is 42.1 cm³/mol. The maximum atomic E-state index is 11.0. The topological polar surface area (TPSA) is 157 Å². The molecule has 15 heavy (non-hydrogen) atoms. The Hall–Kier alpha value is -1.87. The molecule has 86 valence electrons. The molecule has 0 aliphatic carbocycles. The molecule has 0 saturated carbocycles. The highest BCUT2D eigenvalue weighted by Crippen LogP contribution is 1.99. The van der Waals surface area contributed by atoms with Gasteiger partial charge in [0.25, 0.3) is 0 Å². The Bertz CT molecular complexity index is 255. The van der Waals surface area contributed by atoms with E-state index in [2.05, 4.69) is 21.5 Å². The zero-order valence-electron chi connectivity index (χ0n) is 7.89. The summed E-state index contributed by atoms with van der Waals surface area (Å²) in [5.74, 6) is 4.21. The van der Waals surface area contributed by atoms with E-state index in [4.69, 9.17) is 5.11 Å². The molecule has 0 aliphatic rings. The maximum absolute atomic E-state index is 11.0. The zero-order valence-corrected chi connectivity index (χ0v) is 7.89. The molecule has 0 aromatic rings. The molecule has 8 N–H and O–H groups in total. The minimum atomic E-state index is -1.40. The van der Waals surface area contributed by atoms with Gasteiger partial charge >= 0.3 is 18.0 Å². The minimum absolute atomic E-state index is 0.0744. The van der Waals surface area contributed by atoms with Crippen molar-refractivity contribution in [2.24, 2.45) is 0 Å². The molecule has 9 heteroatoms. The van der Waals surface area contributed by atoms with E-state index in [1.807, 2.05) is 5.32 Å². The number of amides is 1. The van der Waals surface area contributed by atoms with Crippen LogP contribution in [0.4, 0.5) is 4.79 Å². The number of hydrogen-bond acceptors (Lipinski definition) is 5. The van der Waals surface area contributed by atoms with Gasteiger partial charge in [-0.2, -0.15) is 11.8 Å². The normalized spacial score (nSPS) is 11.3. The SMILES string of the molecule is [NH3+]OC(=O)CCC(NC(=O)O)C(=O)O[NH3+]. The Balaban J connectivity index is 4.18. The van der Waals surface area contributed by atoms with E-state index in [1.54, 1.807) is 0 Å². The third-order valence-corrected chi connectivity index (χ3v) is 1.52. The third-order valence-electron chi connectivity index (χ3n) is 1.52. The summed E-state index contributed by atoms with van der Waals surface area (Å²) in [6.45, 7) is 0. The summed E-state index contributed by atoms with van der Waals surface area (Å²) >= 11 is 0. The summed E-state index contributed by atoms with van der Waals surface area (Å²) in [4.78, 5) is 40.1. The molecule has 0 rings (SSSR count). The highest BCUT2D eigenvalue weighted by atomic mass is 16.7. The van der Waals surface area contributed by atoms with E-state index in [1.165, 1.54) is 0 Å². The van der Waals surface area contributed by atoms with E-state index in [0.717, 1.165) is 0 Å². The van der Waals surface area contributed by atoms with Crippen LogP contribution in [0.1, 0.15) is 12.8 Å². The lowest BCUT2D eigenvalue weighted by Gasteiger charge is -2.10. The first-order valence-corrected chi connectivity index (χ1v) is 3.91. The standard InChI is InChI=1S/C6H12N3O6/c7-14-4(10)2-1-3(5(11)15-8)9-6(12)13/h3,9H,1-2H2,7-8H3/q+1/p+1. The summed E-state index contributed by atoms with van der Waals surface area (Å²) in [5, 5.41) is 10.3. The molecular formula is C6H13N3O6+2. The molecule has 0 fully saturated rings. The number of carbonyl (C=O) groups excluding carboxylic acids is 2. The van der Waals surface area contributed by atoms with Crippen LogP contribution in [0.15, 0.2) is 0 Å². The number of rotatable bonds is 5. The summed E-state index contributed by atoms with van der Waals surface area (Å²) < 4.78 is 0. The van der Waals surface area contributed by atoms with Crippen LogP contribution < -0.4 is 17.1 Å². The van der Waals surface area contributed by atoms with Gasteiger partial charge in [0.1, 0.15) is 6.04 Å². The Morgan fingerprint density at radius 1 is 1.27 bits per heavy atom. The van der Waals surface area contributed by atoms with Gasteiger partial charge in [-0.25, -0.2) is 14.4 Å². The molecule has 0 aromatic carbocycles. The smallest absolute Gasteiger partial charge is 0.405 e. The molecule has 1 amide bonds. The second kappa shape index (κ2) is 6.56. The van der Waals surface area contributed by atoms with Gasteiger partial charge in [-0.1, -0.05) is 0 Å². The molecule has 0 radical (unpaired) electrons. The summed E-state index contributed by atoms with van der Waals surface area (Å²) in [7, 11) is 0. The average molecular weight is 223 g/mol. The van der Waals surface area contributed by atoms with Crippen molar-refractivity contribution in [3.8, 4) is 0 Å². The fraction of sp³-hybridized carbons (Fsp3) is 0.500. The zero-order chi connectivity index (χ0) is 11.8. The Kier molecular flexibility index (Phi) is 5.75. The Morgan fingerprint density at radius 3 is 2.27 bits per heavy atom. The monoisotopic (exact) mass is 223 g/mol. The van der Waals surface area contributed by atoms with Gasteiger partial charge in [0.2, 0.25) is 0 Å². The molecule has 0 aromatic heterocycles. The van der Waals surface area contributed by atoms with Gasteiger partial charge in [-0.3, -0.25) is 9.68 Å². The molecular weight excluding hydrogens is 210 g/mol. The Labute approximate surface area is 84.2 Å². The quantitative estimate of drug-likeness (QED) is 0.359. The molecule has 0 heterocycles. The van der Waals surface area contributed by atoms with E-state index in [-0.39, 0.29) is 12.8 Å². The first-order chi connectivity index (χ1) is 7.01. The summed E-state index contributed by atoms with van der Waals surface area (Å²) in [6, 6.07) is -1.14. The molecule has 0 spiro atoms. The largest absolute Gasteiger partial charge is 0.465 e. The summed E-state index contributed by atoms with van der Waals surface area (Å²) in [6.07, 6.45) is -1.62. The van der Waals surface area contributed by atoms with Crippen LogP contribution >= 0.6 is 0 Å². The summed E-state index contributed by atoms with van der Waals surface area (Å²) in [5.41, 5.74) is 0. The van der Waals surface area contributed by atoms with Gasteiger partial charge < -0.3 is 10.4 Å². The van der Waals surface area contributed by atoms with Crippen LogP contribution in [0.2, 0.25) is 0 Å². The van der Waals surface area contributed by atoms with Crippen molar-refractivity contribution in [2.45, 2.75) is 18.9 Å². The van der Waals surface area contributed by atoms with Crippen molar-refractivity contribution in [3.63, 3.8) is 0 Å². The molecule has 1 atom stereocenters. The molecule has 0 bridgehead atoms. The molecule has 0 aliphatic heterocycles. The fourth-order valence-corrected chi connectivity index (χ4v) is 0.833. The van der Waals surface area contributed by atoms with E-state index in [0.29, 0.717) is 0 Å². The second-order valence-electron chi connectivity index (χ2n) is 2.52. The first kappa shape index (κ1) is 13.1. The number of nitrogens with one attached hydrogen (secondary N) is 1. The molecule has 0 saturated heterocycles. The van der Waals surface area contributed by atoms with Gasteiger partial charge in [-0.15, -0.1) is 0 Å². The number of quaternary nitrogens is 2. The highest BCUT2D eigenvalue weighted by Gasteiger charge is 2.24. The van der Waals surface area contributed by atoms with Crippen LogP contribution in [0.5, 0.6) is 0 Å². The lowest BCUT2D eigenvalue weighted by Crippen LogP contribution is -2.56. The number of hydrogen-bond donors (Lipinski definition) is 4. The van der Waals surface area contributed by atoms with Gasteiger partial charge in [0.15, 0.2) is 0 Å². The van der Waals surface area contributed by atoms with Crippen LogP contribution in [-0.4, -0.2) is 29.2 Å². The third kappa shape index (κ3) is 5.44. The van der Waals surface area contributed by atoms with Crippen molar-refractivity contribution in [1.29, 1.82) is 0 Å². The lowest BCUT2D eigenvalue weighted by atomic mass is 10.1. The minimum Gasteiger partial charge on any atom is -0.465 e. The second-order valence-corrected chi connectivity index (χ2v) is 2.52. The van der Waals surface area contributed by atoms with Crippen LogP contribution in [0.3, 0.4) is 0 Å². The average Bonchev–Trinajstić information content (AvgIpc) is 2.21. The molecule has 9 nitrogen and oxygen atoms in total. The van der Waals surface area contributed by atoms with Crippen molar-refractivity contribution in [3.05, 3.63) is 0 Å². The van der Waals surface area contributed by atoms with Crippen molar-refractivity contribution in [2.75, 3.05) is 0 Å². The van der Waals surface area contributed by atoms with Crippen LogP contribution in [0.25, 0.3) is 0 Å². The Morgan fingerprint density at radius 2 is 1.87 bits per heavy atom. The van der Waals surface area contributed by atoms with Crippen molar-refractivity contribution >= 4 is 18.0 Å². The van der Waals surface area contributed by atoms with Gasteiger partial charge in [0, 0.05) is 0 Å². The highest BCUT2D eigenvalue weighted by molar-refractivity contribution is 5.81. The van der Waals surface area contributed by atoms with Gasteiger partial charge in [-0.05, 0) is 6.42 Å². The van der Waals surface area contributed by atoms with E-state index in [9.17, 15) is 14.4 Å².